The van der Waals surface area contributed by atoms with Gasteiger partial charge >= 0.3 is 0 Å². The number of nitrogen functional groups attached to an aromatic ring is 1. The van der Waals surface area contributed by atoms with Gasteiger partial charge < -0.3 is 15.8 Å². The number of ether oxygens (including phenoxy) is 1. The van der Waals surface area contributed by atoms with Crippen molar-refractivity contribution in [3.63, 3.8) is 0 Å². The van der Waals surface area contributed by atoms with Gasteiger partial charge in [-0.2, -0.15) is 10.1 Å². The Morgan fingerprint density at radius 1 is 1.21 bits per heavy atom. The Balaban J connectivity index is 1.75. The molecule has 0 aromatic carbocycles. The third-order valence-electron chi connectivity index (χ3n) is 5.84. The maximum Gasteiger partial charge on any atom is 0.270 e. The van der Waals surface area contributed by atoms with Crippen molar-refractivity contribution in [3.8, 4) is 17.0 Å². The SMILES string of the molecule is CCC(C)NC(=O)c1cc(-c2cnn(C(c3ccnc(OC)c3)C(C)C)c2)cc2nc(N)nn12. The summed E-state index contributed by atoms with van der Waals surface area (Å²) >= 11 is 0. The van der Waals surface area contributed by atoms with Gasteiger partial charge in [0.2, 0.25) is 11.8 Å². The van der Waals surface area contributed by atoms with Gasteiger partial charge in [0.25, 0.3) is 5.91 Å². The summed E-state index contributed by atoms with van der Waals surface area (Å²) in [6.45, 7) is 8.25. The number of carbonyl (C=O) groups is 1. The molecule has 2 atom stereocenters. The number of nitrogens with zero attached hydrogens (tertiary/aromatic N) is 6. The fourth-order valence-electron chi connectivity index (χ4n) is 3.93. The summed E-state index contributed by atoms with van der Waals surface area (Å²) in [4.78, 5) is 21.5. The van der Waals surface area contributed by atoms with Crippen LogP contribution in [0.3, 0.4) is 0 Å². The summed E-state index contributed by atoms with van der Waals surface area (Å²) < 4.78 is 8.71. The molecule has 4 heterocycles. The molecule has 0 aliphatic heterocycles. The van der Waals surface area contributed by atoms with Crippen LogP contribution in [0.4, 0.5) is 5.95 Å². The summed E-state index contributed by atoms with van der Waals surface area (Å²) in [5.41, 5.74) is 9.40. The lowest BCUT2D eigenvalue weighted by Gasteiger charge is -2.22. The molecule has 1 amide bonds. The number of amides is 1. The molecule has 0 radical (unpaired) electrons. The van der Waals surface area contributed by atoms with E-state index in [0.29, 0.717) is 17.2 Å². The Labute approximate surface area is 198 Å². The molecule has 4 rings (SSSR count). The number of nitrogens with two attached hydrogens (primary N) is 1. The van der Waals surface area contributed by atoms with Crippen molar-refractivity contribution in [2.75, 3.05) is 12.8 Å². The number of hydrogen-bond donors (Lipinski definition) is 2. The van der Waals surface area contributed by atoms with E-state index in [-0.39, 0.29) is 29.9 Å². The molecule has 0 saturated heterocycles. The molecule has 4 aromatic heterocycles. The van der Waals surface area contributed by atoms with Crippen molar-refractivity contribution < 1.29 is 9.53 Å². The summed E-state index contributed by atoms with van der Waals surface area (Å²) in [5, 5.41) is 11.8. The monoisotopic (exact) mass is 462 g/mol. The minimum absolute atomic E-state index is 0.0220. The van der Waals surface area contributed by atoms with Gasteiger partial charge in [0.05, 0.1) is 19.3 Å². The topological polar surface area (TPSA) is 125 Å². The van der Waals surface area contributed by atoms with Gasteiger partial charge in [0.1, 0.15) is 5.69 Å². The summed E-state index contributed by atoms with van der Waals surface area (Å²) in [5.74, 6) is 0.692. The zero-order valence-corrected chi connectivity index (χ0v) is 20.1. The lowest BCUT2D eigenvalue weighted by Crippen LogP contribution is -2.33. The number of anilines is 1. The highest BCUT2D eigenvalue weighted by Gasteiger charge is 2.22. The van der Waals surface area contributed by atoms with Gasteiger partial charge in [-0.3, -0.25) is 9.48 Å². The van der Waals surface area contributed by atoms with E-state index in [2.05, 4.69) is 39.3 Å². The Morgan fingerprint density at radius 2 is 2.00 bits per heavy atom. The van der Waals surface area contributed by atoms with E-state index in [9.17, 15) is 4.79 Å². The quantitative estimate of drug-likeness (QED) is 0.411. The van der Waals surface area contributed by atoms with Gasteiger partial charge in [-0.25, -0.2) is 9.50 Å². The molecule has 4 aromatic rings. The van der Waals surface area contributed by atoms with Crippen LogP contribution < -0.4 is 15.8 Å². The molecule has 10 heteroatoms. The highest BCUT2D eigenvalue weighted by atomic mass is 16.5. The molecule has 2 unspecified atom stereocenters. The third-order valence-corrected chi connectivity index (χ3v) is 5.84. The number of hydrogen-bond acceptors (Lipinski definition) is 7. The minimum Gasteiger partial charge on any atom is -0.481 e. The van der Waals surface area contributed by atoms with Crippen LogP contribution in [0.2, 0.25) is 0 Å². The Hall–Kier alpha value is -3.95. The van der Waals surface area contributed by atoms with Gasteiger partial charge in [0.15, 0.2) is 5.65 Å². The first kappa shape index (κ1) is 23.2. The lowest BCUT2D eigenvalue weighted by molar-refractivity contribution is 0.0932. The fourth-order valence-corrected chi connectivity index (χ4v) is 3.93. The van der Waals surface area contributed by atoms with Gasteiger partial charge in [-0.1, -0.05) is 20.8 Å². The molecule has 3 N–H and O–H groups in total. The molecule has 0 fully saturated rings. The summed E-state index contributed by atoms with van der Waals surface area (Å²) in [6, 6.07) is 7.54. The molecule has 0 aliphatic rings. The smallest absolute Gasteiger partial charge is 0.270 e. The van der Waals surface area contributed by atoms with E-state index >= 15 is 0 Å². The Morgan fingerprint density at radius 3 is 2.71 bits per heavy atom. The largest absolute Gasteiger partial charge is 0.481 e. The second kappa shape index (κ2) is 9.50. The summed E-state index contributed by atoms with van der Waals surface area (Å²) in [7, 11) is 1.60. The van der Waals surface area contributed by atoms with Crippen LogP contribution >= 0.6 is 0 Å². The maximum atomic E-state index is 13.0. The van der Waals surface area contributed by atoms with Crippen LogP contribution in [-0.4, -0.2) is 48.4 Å². The predicted octanol–water partition coefficient (Wildman–Crippen LogP) is 3.35. The maximum absolute atomic E-state index is 13.0. The van der Waals surface area contributed by atoms with Crippen LogP contribution in [0.5, 0.6) is 5.88 Å². The van der Waals surface area contributed by atoms with Gasteiger partial charge in [0, 0.05) is 30.1 Å². The van der Waals surface area contributed by atoms with Crippen molar-refractivity contribution in [2.24, 2.45) is 5.92 Å². The standard InChI is InChI=1S/C24H30N8O2/c1-6-15(4)28-23(33)19-9-17(10-20-29-24(25)30-32(19)20)18-12-27-31(13-18)22(14(2)3)16-7-8-26-21(11-16)34-5/h7-15,22H,6H2,1-5H3,(H2,25,30)(H,28,33). The molecule has 0 spiro atoms. The number of carbonyl (C=O) groups excluding carboxylic acids is 1. The van der Waals surface area contributed by atoms with Crippen molar-refractivity contribution in [2.45, 2.75) is 46.2 Å². The van der Waals surface area contributed by atoms with Gasteiger partial charge in [-0.15, -0.1) is 5.10 Å². The first-order chi connectivity index (χ1) is 16.3. The number of nitrogens with one attached hydrogen (secondary N) is 1. The number of fused-ring (bicyclic) bond motifs is 1. The zero-order valence-electron chi connectivity index (χ0n) is 20.1. The van der Waals surface area contributed by atoms with Crippen LogP contribution in [-0.2, 0) is 0 Å². The molecule has 10 nitrogen and oxygen atoms in total. The summed E-state index contributed by atoms with van der Waals surface area (Å²) in [6.07, 6.45) is 6.31. The average Bonchev–Trinajstić information content (AvgIpc) is 3.44. The molecule has 0 bridgehead atoms. The third kappa shape index (κ3) is 4.57. The van der Waals surface area contributed by atoms with Crippen molar-refractivity contribution in [1.29, 1.82) is 0 Å². The predicted molar refractivity (Wildman–Crippen MR) is 130 cm³/mol. The zero-order chi connectivity index (χ0) is 24.4. The van der Waals surface area contributed by atoms with Crippen LogP contribution in [0.15, 0.2) is 42.9 Å². The van der Waals surface area contributed by atoms with Crippen LogP contribution in [0.25, 0.3) is 16.8 Å². The van der Waals surface area contributed by atoms with E-state index in [0.717, 1.165) is 23.1 Å². The average molecular weight is 463 g/mol. The number of rotatable bonds is 8. The second-order valence-corrected chi connectivity index (χ2v) is 8.68. The Kier molecular flexibility index (Phi) is 6.49. The van der Waals surface area contributed by atoms with E-state index in [4.69, 9.17) is 10.5 Å². The molecule has 34 heavy (non-hydrogen) atoms. The molecule has 0 aliphatic carbocycles. The van der Waals surface area contributed by atoms with Crippen molar-refractivity contribution in [3.05, 3.63) is 54.1 Å². The van der Waals surface area contributed by atoms with E-state index in [1.165, 1.54) is 4.52 Å². The highest BCUT2D eigenvalue weighted by molar-refractivity contribution is 5.95. The van der Waals surface area contributed by atoms with Crippen molar-refractivity contribution >= 4 is 17.5 Å². The number of aromatic nitrogens is 6. The van der Waals surface area contributed by atoms with Crippen LogP contribution in [0, 0.1) is 5.92 Å². The fraction of sp³-hybridized carbons (Fsp3) is 0.375. The normalized spacial score (nSPS) is 13.2. The minimum atomic E-state index is -0.234. The number of methoxy groups -OCH3 is 1. The van der Waals surface area contributed by atoms with E-state index in [1.54, 1.807) is 25.6 Å². The second-order valence-electron chi connectivity index (χ2n) is 8.68. The molecular formula is C24H30N8O2. The molecule has 178 valence electrons. The van der Waals surface area contributed by atoms with Crippen molar-refractivity contribution in [1.82, 2.24) is 34.7 Å². The molecule has 0 saturated carbocycles. The molecular weight excluding hydrogens is 432 g/mol. The lowest BCUT2D eigenvalue weighted by atomic mass is 9.97. The first-order valence-electron chi connectivity index (χ1n) is 11.3. The van der Waals surface area contributed by atoms with E-state index in [1.807, 2.05) is 42.9 Å². The van der Waals surface area contributed by atoms with Gasteiger partial charge in [-0.05, 0) is 48.6 Å². The highest BCUT2D eigenvalue weighted by Crippen LogP contribution is 2.30. The number of pyridine rings is 2. The first-order valence-corrected chi connectivity index (χ1v) is 11.3. The van der Waals surface area contributed by atoms with E-state index < -0.39 is 0 Å². The Bertz CT molecular complexity index is 1310. The van der Waals surface area contributed by atoms with Crippen LogP contribution in [0.1, 0.15) is 56.2 Å².